The zero-order valence-corrected chi connectivity index (χ0v) is 12.2. The van der Waals surface area contributed by atoms with Crippen molar-refractivity contribution in [2.75, 3.05) is 0 Å². The molecule has 0 atom stereocenters. The largest absolute Gasteiger partial charge is 0.293 e. The minimum atomic E-state index is -1.00. The molecule has 5 nitrogen and oxygen atoms in total. The van der Waals surface area contributed by atoms with Crippen LogP contribution in [0.15, 0.2) is 46.9 Å². The van der Waals surface area contributed by atoms with Crippen LogP contribution in [0.25, 0.3) is 0 Å². The summed E-state index contributed by atoms with van der Waals surface area (Å²) in [6.45, 7) is 0. The summed E-state index contributed by atoms with van der Waals surface area (Å²) in [4.78, 5) is 35.2. The number of hydrogen-bond donors (Lipinski definition) is 0. The van der Waals surface area contributed by atoms with Crippen molar-refractivity contribution in [1.82, 2.24) is 0 Å². The molecule has 0 bridgehead atoms. The number of halogens is 1. The van der Waals surface area contributed by atoms with Gasteiger partial charge in [0.15, 0.2) is 11.6 Å². The number of rotatable bonds is 2. The summed E-state index contributed by atoms with van der Waals surface area (Å²) < 4.78 is 0.461. The number of ketones is 2. The van der Waals surface area contributed by atoms with E-state index < -0.39 is 10.8 Å². The van der Waals surface area contributed by atoms with E-state index in [0.717, 1.165) is 0 Å². The van der Waals surface area contributed by atoms with Crippen molar-refractivity contribution in [3.05, 3.63) is 73.7 Å². The Morgan fingerprint density at radius 1 is 1.00 bits per heavy atom. The number of benzene rings is 2. The van der Waals surface area contributed by atoms with Crippen LogP contribution in [-0.2, 0) is 0 Å². The molecule has 0 aliphatic heterocycles. The van der Waals surface area contributed by atoms with Crippen molar-refractivity contribution >= 4 is 33.2 Å². The van der Waals surface area contributed by atoms with Gasteiger partial charge in [0, 0.05) is 27.7 Å². The second kappa shape index (κ2) is 4.89. The van der Waals surface area contributed by atoms with Crippen LogP contribution in [0.4, 0.5) is 5.69 Å². The third-order valence-corrected chi connectivity index (χ3v) is 3.89. The maximum Gasteiger partial charge on any atom is 0.270 e. The average Bonchev–Trinajstić information content (AvgIpc) is 2.71. The molecule has 2 aromatic rings. The highest BCUT2D eigenvalue weighted by Gasteiger charge is 2.39. The first-order valence-electron chi connectivity index (χ1n) is 6.11. The van der Waals surface area contributed by atoms with Crippen LogP contribution in [0.3, 0.4) is 0 Å². The van der Waals surface area contributed by atoms with E-state index in [2.05, 4.69) is 15.9 Å². The van der Waals surface area contributed by atoms with Gasteiger partial charge in [-0.15, -0.1) is 0 Å². The Hall–Kier alpha value is -2.34. The molecule has 1 aliphatic carbocycles. The molecule has 1 aliphatic rings. The fraction of sp³-hybridized carbons (Fsp3) is 0.0667. The van der Waals surface area contributed by atoms with E-state index in [-0.39, 0.29) is 17.3 Å². The molecule has 0 unspecified atom stereocenters. The Kier molecular flexibility index (Phi) is 3.17. The molecule has 2 aromatic carbocycles. The lowest BCUT2D eigenvalue weighted by atomic mass is 9.94. The number of carbonyl (C=O) groups excluding carboxylic acids is 2. The second-order valence-corrected chi connectivity index (χ2v) is 5.62. The highest BCUT2D eigenvalue weighted by molar-refractivity contribution is 9.10. The minimum Gasteiger partial charge on any atom is -0.293 e. The summed E-state index contributed by atoms with van der Waals surface area (Å²) >= 11 is 3.18. The Morgan fingerprint density at radius 2 is 1.57 bits per heavy atom. The number of fused-ring (bicyclic) bond motifs is 1. The lowest BCUT2D eigenvalue weighted by Crippen LogP contribution is -2.13. The molecule has 0 radical (unpaired) electrons. The van der Waals surface area contributed by atoms with E-state index >= 15 is 0 Å². The monoisotopic (exact) mass is 345 g/mol. The highest BCUT2D eigenvalue weighted by Crippen LogP contribution is 2.36. The first kappa shape index (κ1) is 13.6. The molecule has 0 saturated carbocycles. The van der Waals surface area contributed by atoms with Gasteiger partial charge in [-0.2, -0.15) is 0 Å². The standard InChI is InChI=1S/C15H8BrNO4/c16-9-5-8(6-10(7-9)17(20)21)13-14(18)11-3-1-2-4-12(11)15(13)19/h1-7,13H. The lowest BCUT2D eigenvalue weighted by Gasteiger charge is -2.07. The van der Waals surface area contributed by atoms with Gasteiger partial charge in [-0.3, -0.25) is 19.7 Å². The number of non-ortho nitro benzene ring substituents is 1. The average molecular weight is 346 g/mol. The van der Waals surface area contributed by atoms with Gasteiger partial charge in [0.25, 0.3) is 5.69 Å². The van der Waals surface area contributed by atoms with Gasteiger partial charge in [-0.05, 0) is 11.6 Å². The normalized spacial score (nSPS) is 14.3. The summed E-state index contributed by atoms with van der Waals surface area (Å²) in [6.07, 6.45) is 0. The second-order valence-electron chi connectivity index (χ2n) is 4.71. The van der Waals surface area contributed by atoms with Crippen molar-refractivity contribution in [3.63, 3.8) is 0 Å². The summed E-state index contributed by atoms with van der Waals surface area (Å²) in [5, 5.41) is 10.9. The van der Waals surface area contributed by atoms with Gasteiger partial charge >= 0.3 is 0 Å². The van der Waals surface area contributed by atoms with Crippen LogP contribution in [0, 0.1) is 10.1 Å². The summed E-state index contributed by atoms with van der Waals surface area (Å²) in [5.41, 5.74) is 0.920. The molecule has 0 aromatic heterocycles. The maximum absolute atomic E-state index is 12.4. The Labute approximate surface area is 127 Å². The van der Waals surface area contributed by atoms with E-state index in [0.29, 0.717) is 21.2 Å². The molecular weight excluding hydrogens is 338 g/mol. The summed E-state index contributed by atoms with van der Waals surface area (Å²) in [6, 6.07) is 10.8. The number of nitrogens with zero attached hydrogens (tertiary/aromatic N) is 1. The van der Waals surface area contributed by atoms with Crippen molar-refractivity contribution < 1.29 is 14.5 Å². The van der Waals surface area contributed by atoms with Crippen LogP contribution >= 0.6 is 15.9 Å². The first-order chi connectivity index (χ1) is 9.99. The van der Waals surface area contributed by atoms with Crippen LogP contribution < -0.4 is 0 Å². The van der Waals surface area contributed by atoms with Crippen molar-refractivity contribution in [1.29, 1.82) is 0 Å². The van der Waals surface area contributed by atoms with E-state index in [4.69, 9.17) is 0 Å². The SMILES string of the molecule is O=C1c2ccccc2C(=O)C1c1cc(Br)cc([N+](=O)[O-])c1. The molecule has 0 amide bonds. The zero-order valence-electron chi connectivity index (χ0n) is 10.6. The van der Waals surface area contributed by atoms with Gasteiger partial charge in [0.1, 0.15) is 5.92 Å². The van der Waals surface area contributed by atoms with E-state index in [1.165, 1.54) is 12.1 Å². The molecule has 0 spiro atoms. The minimum absolute atomic E-state index is 0.157. The number of nitro benzene ring substituents is 1. The van der Waals surface area contributed by atoms with Crippen LogP contribution in [0.2, 0.25) is 0 Å². The number of carbonyl (C=O) groups is 2. The molecule has 0 N–H and O–H groups in total. The summed E-state index contributed by atoms with van der Waals surface area (Å²) in [7, 11) is 0. The first-order valence-corrected chi connectivity index (χ1v) is 6.90. The molecule has 21 heavy (non-hydrogen) atoms. The molecule has 0 fully saturated rings. The Morgan fingerprint density at radius 3 is 2.10 bits per heavy atom. The fourth-order valence-electron chi connectivity index (χ4n) is 2.51. The fourth-order valence-corrected chi connectivity index (χ4v) is 3.01. The van der Waals surface area contributed by atoms with E-state index in [1.807, 2.05) is 0 Å². The summed E-state index contributed by atoms with van der Waals surface area (Å²) in [5.74, 6) is -1.63. The number of Topliss-reactive ketones (excluding diaryl/α,β-unsaturated/α-hetero) is 2. The third kappa shape index (κ3) is 2.17. The van der Waals surface area contributed by atoms with Gasteiger partial charge in [-0.25, -0.2) is 0 Å². The van der Waals surface area contributed by atoms with Crippen molar-refractivity contribution in [2.24, 2.45) is 0 Å². The van der Waals surface area contributed by atoms with E-state index in [9.17, 15) is 19.7 Å². The predicted octanol–water partition coefficient (Wildman–Crippen LogP) is 3.52. The highest BCUT2D eigenvalue weighted by atomic mass is 79.9. The lowest BCUT2D eigenvalue weighted by molar-refractivity contribution is -0.385. The Balaban J connectivity index is 2.13. The number of hydrogen-bond acceptors (Lipinski definition) is 4. The molecule has 104 valence electrons. The van der Waals surface area contributed by atoms with Gasteiger partial charge in [0.2, 0.25) is 0 Å². The molecule has 6 heteroatoms. The van der Waals surface area contributed by atoms with Gasteiger partial charge in [-0.1, -0.05) is 40.2 Å². The van der Waals surface area contributed by atoms with Crippen LogP contribution in [0.5, 0.6) is 0 Å². The zero-order chi connectivity index (χ0) is 15.1. The van der Waals surface area contributed by atoms with Crippen molar-refractivity contribution in [3.8, 4) is 0 Å². The Bertz CT molecular complexity index is 765. The van der Waals surface area contributed by atoms with Crippen LogP contribution in [-0.4, -0.2) is 16.5 Å². The van der Waals surface area contributed by atoms with Crippen molar-refractivity contribution in [2.45, 2.75) is 5.92 Å². The molecule has 3 rings (SSSR count). The van der Waals surface area contributed by atoms with Crippen LogP contribution in [0.1, 0.15) is 32.2 Å². The third-order valence-electron chi connectivity index (χ3n) is 3.43. The molecule has 0 heterocycles. The topological polar surface area (TPSA) is 77.3 Å². The van der Waals surface area contributed by atoms with E-state index in [1.54, 1.807) is 30.3 Å². The number of nitro groups is 1. The smallest absolute Gasteiger partial charge is 0.270 e. The quantitative estimate of drug-likeness (QED) is 0.474. The van der Waals surface area contributed by atoms with Gasteiger partial charge < -0.3 is 0 Å². The molecule has 0 saturated heterocycles. The van der Waals surface area contributed by atoms with Gasteiger partial charge in [0.05, 0.1) is 4.92 Å². The maximum atomic E-state index is 12.4. The molecular formula is C15H8BrNO4. The predicted molar refractivity (Wildman–Crippen MR) is 78.6 cm³/mol.